The highest BCUT2D eigenvalue weighted by atomic mass is 16.5. The lowest BCUT2D eigenvalue weighted by Crippen LogP contribution is -2.36. The molecule has 0 aliphatic carbocycles. The van der Waals surface area contributed by atoms with E-state index in [9.17, 15) is 9.59 Å². The van der Waals surface area contributed by atoms with Gasteiger partial charge in [-0.15, -0.1) is 5.10 Å². The molecule has 0 saturated carbocycles. The summed E-state index contributed by atoms with van der Waals surface area (Å²) in [6.07, 6.45) is 0.800. The Balaban J connectivity index is 1.53. The molecule has 2 heterocycles. The summed E-state index contributed by atoms with van der Waals surface area (Å²) in [7, 11) is 1.43. The lowest BCUT2D eigenvalue weighted by molar-refractivity contribution is -0.145. The molecule has 0 unspecified atom stereocenters. The van der Waals surface area contributed by atoms with Crippen molar-refractivity contribution >= 4 is 22.9 Å². The van der Waals surface area contributed by atoms with Crippen LogP contribution in [0, 0.1) is 26.7 Å². The van der Waals surface area contributed by atoms with E-state index in [0.29, 0.717) is 13.1 Å². The molecule has 7 nitrogen and oxygen atoms in total. The average Bonchev–Trinajstić information content (AvgIpc) is 3.38. The van der Waals surface area contributed by atoms with E-state index in [1.165, 1.54) is 18.2 Å². The fraction of sp³-hybridized carbons (Fsp3) is 0.375. The number of carbonyl (C=O) groups excluding carboxylic acids is 2. The molecule has 0 radical (unpaired) electrons. The maximum Gasteiger partial charge on any atom is 0.309 e. The Kier molecular flexibility index (Phi) is 7.25. The van der Waals surface area contributed by atoms with Crippen molar-refractivity contribution in [1.82, 2.24) is 19.9 Å². The summed E-state index contributed by atoms with van der Waals surface area (Å²) < 4.78 is 7.07. The van der Waals surface area contributed by atoms with Crippen LogP contribution in [0.1, 0.15) is 69.1 Å². The molecule has 1 aliphatic heterocycles. The zero-order chi connectivity index (χ0) is 27.8. The second kappa shape index (κ2) is 10.6. The van der Waals surface area contributed by atoms with Gasteiger partial charge in [-0.2, -0.15) is 0 Å². The molecule has 0 N–H and O–H groups in total. The first-order valence-corrected chi connectivity index (χ1v) is 13.6. The predicted molar refractivity (Wildman–Crippen MR) is 152 cm³/mol. The second-order valence-electron chi connectivity index (χ2n) is 10.6. The Morgan fingerprint density at radius 2 is 1.79 bits per heavy atom. The highest BCUT2D eigenvalue weighted by Crippen LogP contribution is 2.38. The minimum absolute atomic E-state index is 0.0499. The van der Waals surface area contributed by atoms with Crippen molar-refractivity contribution < 1.29 is 14.3 Å². The van der Waals surface area contributed by atoms with E-state index >= 15 is 0 Å². The van der Waals surface area contributed by atoms with E-state index in [1.54, 1.807) is 0 Å². The highest BCUT2D eigenvalue weighted by Gasteiger charge is 2.31. The summed E-state index contributed by atoms with van der Waals surface area (Å²) in [5.41, 5.74) is 10.3. The highest BCUT2D eigenvalue weighted by molar-refractivity contribution is 5.94. The number of rotatable bonds is 6. The first-order chi connectivity index (χ1) is 18.7. The van der Waals surface area contributed by atoms with Crippen LogP contribution in [0.4, 0.5) is 0 Å². The van der Waals surface area contributed by atoms with Crippen LogP contribution in [-0.4, -0.2) is 45.4 Å². The zero-order valence-corrected chi connectivity index (χ0v) is 23.6. The number of carbonyl (C=O) groups is 2. The first-order valence-electron chi connectivity index (χ1n) is 13.6. The number of methoxy groups -OCH3 is 1. The summed E-state index contributed by atoms with van der Waals surface area (Å²) in [5, 5.41) is 8.74. The van der Waals surface area contributed by atoms with Gasteiger partial charge in [-0.3, -0.25) is 9.59 Å². The quantitative estimate of drug-likeness (QED) is 0.311. The molecular weight excluding hydrogens is 488 g/mol. The molecule has 4 aromatic rings. The van der Waals surface area contributed by atoms with E-state index < -0.39 is 5.92 Å². The minimum atomic E-state index is -0.415. The minimum Gasteiger partial charge on any atom is -0.469 e. The molecule has 0 saturated heterocycles. The summed E-state index contributed by atoms with van der Waals surface area (Å²) in [6.45, 7) is 12.1. The fourth-order valence-corrected chi connectivity index (χ4v) is 5.81. The SMILES string of the molecule is CCn1nnc2c(C)c([C@H](c3ccc4c(c3)CN(C(=O)c3ccc(C)c(C)c3)CC4)[C@H](C)C(=O)OC)ccc21. The second-order valence-corrected chi connectivity index (χ2v) is 10.6. The van der Waals surface area contributed by atoms with Gasteiger partial charge in [0.2, 0.25) is 0 Å². The maximum absolute atomic E-state index is 13.4. The molecule has 2 atom stereocenters. The number of aryl methyl sites for hydroxylation is 4. The number of nitrogens with zero attached hydrogens (tertiary/aromatic N) is 4. The number of benzene rings is 3. The van der Waals surface area contributed by atoms with Crippen molar-refractivity contribution in [2.75, 3.05) is 13.7 Å². The Labute approximate surface area is 229 Å². The zero-order valence-electron chi connectivity index (χ0n) is 23.6. The number of esters is 1. The fourth-order valence-electron chi connectivity index (χ4n) is 5.81. The van der Waals surface area contributed by atoms with Crippen molar-refractivity contribution in [2.24, 2.45) is 5.92 Å². The van der Waals surface area contributed by atoms with Crippen LogP contribution in [0.3, 0.4) is 0 Å². The van der Waals surface area contributed by atoms with Gasteiger partial charge in [0.15, 0.2) is 0 Å². The lowest BCUT2D eigenvalue weighted by atomic mass is 9.78. The van der Waals surface area contributed by atoms with Crippen LogP contribution in [0.25, 0.3) is 11.0 Å². The summed E-state index contributed by atoms with van der Waals surface area (Å²) in [6, 6.07) is 16.5. The van der Waals surface area contributed by atoms with E-state index in [4.69, 9.17) is 4.74 Å². The number of hydrogen-bond acceptors (Lipinski definition) is 5. The number of aromatic nitrogens is 3. The number of fused-ring (bicyclic) bond motifs is 2. The van der Waals surface area contributed by atoms with Gasteiger partial charge >= 0.3 is 5.97 Å². The lowest BCUT2D eigenvalue weighted by Gasteiger charge is -2.31. The van der Waals surface area contributed by atoms with E-state index in [-0.39, 0.29) is 17.8 Å². The molecule has 39 heavy (non-hydrogen) atoms. The van der Waals surface area contributed by atoms with Crippen molar-refractivity contribution in [3.8, 4) is 0 Å². The molecule has 5 rings (SSSR count). The van der Waals surface area contributed by atoms with Gasteiger partial charge in [0.1, 0.15) is 5.52 Å². The van der Waals surface area contributed by atoms with Crippen molar-refractivity contribution in [3.05, 3.63) is 93.0 Å². The molecule has 3 aromatic carbocycles. The number of ether oxygens (including phenoxy) is 1. The third kappa shape index (κ3) is 4.82. The summed E-state index contributed by atoms with van der Waals surface area (Å²) in [5.74, 6) is -0.859. The Morgan fingerprint density at radius 1 is 1.00 bits per heavy atom. The van der Waals surface area contributed by atoms with Crippen LogP contribution in [-0.2, 0) is 29.0 Å². The number of hydrogen-bond donors (Lipinski definition) is 0. The van der Waals surface area contributed by atoms with Crippen LogP contribution >= 0.6 is 0 Å². The normalized spacial score (nSPS) is 14.7. The number of amides is 1. The van der Waals surface area contributed by atoms with Gasteiger partial charge in [-0.05, 0) is 91.3 Å². The first kappa shape index (κ1) is 26.6. The standard InChI is InChI=1S/C32H36N4O3/c1-7-36-28-13-12-27(21(4)30(28)33-34-36)29(22(5)32(38)39-6)24-11-10-23-14-15-35(18-26(23)17-24)31(37)25-9-8-19(2)20(3)16-25/h8-13,16-17,22,29H,7,14-15,18H2,1-6H3/t22-,29-/m0/s1. The topological polar surface area (TPSA) is 77.3 Å². The summed E-state index contributed by atoms with van der Waals surface area (Å²) >= 11 is 0. The third-order valence-electron chi connectivity index (χ3n) is 8.33. The van der Waals surface area contributed by atoms with Crippen molar-refractivity contribution in [2.45, 2.75) is 60.0 Å². The molecule has 1 aliphatic rings. The molecular formula is C32H36N4O3. The van der Waals surface area contributed by atoms with Gasteiger partial charge in [0.05, 0.1) is 18.5 Å². The predicted octanol–water partition coefficient (Wildman–Crippen LogP) is 5.52. The Bertz CT molecular complexity index is 1570. The molecule has 1 aromatic heterocycles. The largest absolute Gasteiger partial charge is 0.469 e. The van der Waals surface area contributed by atoms with E-state index in [1.807, 2.05) is 61.5 Å². The van der Waals surface area contributed by atoms with Crippen LogP contribution in [0.15, 0.2) is 48.5 Å². The van der Waals surface area contributed by atoms with Gasteiger partial charge in [-0.1, -0.05) is 42.5 Å². The molecule has 202 valence electrons. The van der Waals surface area contributed by atoms with Crippen LogP contribution in [0.2, 0.25) is 0 Å². The van der Waals surface area contributed by atoms with Crippen LogP contribution < -0.4 is 0 Å². The third-order valence-corrected chi connectivity index (χ3v) is 8.33. The molecule has 0 fully saturated rings. The summed E-state index contributed by atoms with van der Waals surface area (Å²) in [4.78, 5) is 28.2. The Hall–Kier alpha value is -4.00. The van der Waals surface area contributed by atoms with Gasteiger partial charge in [0.25, 0.3) is 5.91 Å². The molecule has 1 amide bonds. The van der Waals surface area contributed by atoms with E-state index in [0.717, 1.165) is 57.4 Å². The molecule has 0 spiro atoms. The smallest absolute Gasteiger partial charge is 0.309 e. The van der Waals surface area contributed by atoms with E-state index in [2.05, 4.69) is 41.5 Å². The van der Waals surface area contributed by atoms with Crippen molar-refractivity contribution in [1.29, 1.82) is 0 Å². The maximum atomic E-state index is 13.4. The van der Waals surface area contributed by atoms with Gasteiger partial charge in [0, 0.05) is 31.1 Å². The molecule has 7 heteroatoms. The van der Waals surface area contributed by atoms with Gasteiger partial charge < -0.3 is 9.64 Å². The van der Waals surface area contributed by atoms with Gasteiger partial charge in [-0.25, -0.2) is 4.68 Å². The molecule has 0 bridgehead atoms. The Morgan fingerprint density at radius 3 is 2.51 bits per heavy atom. The van der Waals surface area contributed by atoms with Crippen LogP contribution in [0.5, 0.6) is 0 Å². The monoisotopic (exact) mass is 524 g/mol. The van der Waals surface area contributed by atoms with Crippen molar-refractivity contribution in [3.63, 3.8) is 0 Å². The average molecular weight is 525 g/mol.